The van der Waals surface area contributed by atoms with Crippen molar-refractivity contribution in [1.29, 1.82) is 0 Å². The molecule has 8 nitrogen and oxygen atoms in total. The number of halogens is 1. The number of fused-ring (bicyclic) bond motifs is 1. The van der Waals surface area contributed by atoms with Gasteiger partial charge in [0, 0.05) is 30.6 Å². The number of hydrogen-bond acceptors (Lipinski definition) is 6. The Morgan fingerprint density at radius 1 is 1.15 bits per heavy atom. The minimum atomic E-state index is -0.471. The first-order valence-corrected chi connectivity index (χ1v) is 10.1. The number of rotatable bonds is 8. The summed E-state index contributed by atoms with van der Waals surface area (Å²) in [6.07, 6.45) is 3.27. The molecule has 0 spiro atoms. The van der Waals surface area contributed by atoms with E-state index in [1.54, 1.807) is 36.7 Å². The van der Waals surface area contributed by atoms with E-state index >= 15 is 0 Å². The average molecular weight is 449 g/mol. The van der Waals surface area contributed by atoms with Gasteiger partial charge >= 0.3 is 0 Å². The molecule has 0 fully saturated rings. The maximum atomic E-state index is 13.3. The lowest BCUT2D eigenvalue weighted by molar-refractivity contribution is -0.125. The van der Waals surface area contributed by atoms with E-state index in [-0.39, 0.29) is 49.3 Å². The van der Waals surface area contributed by atoms with Gasteiger partial charge < -0.3 is 14.8 Å². The molecule has 1 N–H and O–H groups in total. The van der Waals surface area contributed by atoms with E-state index in [1.165, 1.54) is 29.2 Å². The summed E-state index contributed by atoms with van der Waals surface area (Å²) < 4.78 is 24.1. The van der Waals surface area contributed by atoms with Crippen molar-refractivity contribution in [3.05, 3.63) is 83.9 Å². The SMILES string of the molecule is O=C(CN1C(=O)COc2ccc(C(=O)COc3cccc(F)c3)cc21)NCc1cccnc1. The molecule has 0 bridgehead atoms. The number of nitrogens with one attached hydrogen (secondary N) is 1. The molecule has 4 rings (SSSR count). The van der Waals surface area contributed by atoms with Crippen LogP contribution in [0.4, 0.5) is 10.1 Å². The maximum absolute atomic E-state index is 13.3. The van der Waals surface area contributed by atoms with Gasteiger partial charge in [0.05, 0.1) is 5.69 Å². The number of ketones is 1. The van der Waals surface area contributed by atoms with Crippen LogP contribution in [0.25, 0.3) is 0 Å². The quantitative estimate of drug-likeness (QED) is 0.531. The molecule has 2 amide bonds. The van der Waals surface area contributed by atoms with E-state index in [0.717, 1.165) is 5.56 Å². The number of amides is 2. The molecule has 168 valence electrons. The molecule has 1 aromatic heterocycles. The molecule has 1 aliphatic heterocycles. The highest BCUT2D eigenvalue weighted by Gasteiger charge is 2.28. The fraction of sp³-hybridized carbons (Fsp3) is 0.167. The van der Waals surface area contributed by atoms with Crippen molar-refractivity contribution in [1.82, 2.24) is 10.3 Å². The van der Waals surface area contributed by atoms with Crippen molar-refractivity contribution in [2.75, 3.05) is 24.7 Å². The molecule has 0 saturated carbocycles. The fourth-order valence-corrected chi connectivity index (χ4v) is 3.24. The molecule has 0 unspecified atom stereocenters. The lowest BCUT2D eigenvalue weighted by Crippen LogP contribution is -2.45. The lowest BCUT2D eigenvalue weighted by atomic mass is 10.1. The summed E-state index contributed by atoms with van der Waals surface area (Å²) >= 11 is 0. The highest BCUT2D eigenvalue weighted by molar-refractivity contribution is 6.04. The molecule has 33 heavy (non-hydrogen) atoms. The third-order valence-corrected chi connectivity index (χ3v) is 4.90. The van der Waals surface area contributed by atoms with E-state index in [4.69, 9.17) is 9.47 Å². The first-order chi connectivity index (χ1) is 16.0. The van der Waals surface area contributed by atoms with Crippen LogP contribution in [0.5, 0.6) is 11.5 Å². The van der Waals surface area contributed by atoms with Crippen LogP contribution in [0.1, 0.15) is 15.9 Å². The molecule has 0 aliphatic carbocycles. The Kier molecular flexibility index (Phi) is 6.58. The molecule has 3 aromatic rings. The van der Waals surface area contributed by atoms with Crippen LogP contribution < -0.4 is 19.7 Å². The van der Waals surface area contributed by atoms with Crippen molar-refractivity contribution in [3.8, 4) is 11.5 Å². The number of pyridine rings is 1. The van der Waals surface area contributed by atoms with Gasteiger partial charge in [-0.25, -0.2) is 4.39 Å². The zero-order chi connectivity index (χ0) is 23.2. The smallest absolute Gasteiger partial charge is 0.265 e. The Morgan fingerprint density at radius 2 is 2.03 bits per heavy atom. The van der Waals surface area contributed by atoms with Crippen molar-refractivity contribution in [2.45, 2.75) is 6.54 Å². The molecule has 2 heterocycles. The van der Waals surface area contributed by atoms with Crippen molar-refractivity contribution >= 4 is 23.3 Å². The van der Waals surface area contributed by atoms with Gasteiger partial charge in [-0.05, 0) is 42.0 Å². The molecular formula is C24H20FN3O5. The van der Waals surface area contributed by atoms with Crippen LogP contribution in [0.3, 0.4) is 0 Å². The topological polar surface area (TPSA) is 97.8 Å². The van der Waals surface area contributed by atoms with Crippen LogP contribution in [-0.2, 0) is 16.1 Å². The Bertz CT molecular complexity index is 1190. The second kappa shape index (κ2) is 9.90. The highest BCUT2D eigenvalue weighted by atomic mass is 19.1. The second-order valence-corrected chi connectivity index (χ2v) is 7.26. The normalized spacial score (nSPS) is 12.5. The number of Topliss-reactive ketones (excluding diaryl/α,β-unsaturated/α-hetero) is 1. The summed E-state index contributed by atoms with van der Waals surface area (Å²) in [5.74, 6) is -1.00. The number of aromatic nitrogens is 1. The van der Waals surface area contributed by atoms with Crippen molar-refractivity contribution in [3.63, 3.8) is 0 Å². The van der Waals surface area contributed by atoms with Gasteiger partial charge in [0.25, 0.3) is 5.91 Å². The predicted molar refractivity (Wildman–Crippen MR) is 117 cm³/mol. The molecule has 0 atom stereocenters. The number of carbonyl (C=O) groups excluding carboxylic acids is 3. The molecule has 1 aliphatic rings. The largest absolute Gasteiger partial charge is 0.485 e. The predicted octanol–water partition coefficient (Wildman–Crippen LogP) is 2.52. The van der Waals surface area contributed by atoms with E-state index in [0.29, 0.717) is 11.4 Å². The van der Waals surface area contributed by atoms with Gasteiger partial charge in [0.1, 0.15) is 23.9 Å². The zero-order valence-corrected chi connectivity index (χ0v) is 17.5. The number of ether oxygens (including phenoxy) is 2. The van der Waals surface area contributed by atoms with Gasteiger partial charge in [-0.3, -0.25) is 24.3 Å². The van der Waals surface area contributed by atoms with Crippen LogP contribution in [0.15, 0.2) is 67.0 Å². The molecular weight excluding hydrogens is 429 g/mol. The fourth-order valence-electron chi connectivity index (χ4n) is 3.24. The number of nitrogens with zero attached hydrogens (tertiary/aromatic N) is 2. The third-order valence-electron chi connectivity index (χ3n) is 4.90. The van der Waals surface area contributed by atoms with Gasteiger partial charge in [-0.1, -0.05) is 12.1 Å². The minimum Gasteiger partial charge on any atom is -0.485 e. The van der Waals surface area contributed by atoms with E-state index in [1.807, 2.05) is 6.07 Å². The zero-order valence-electron chi connectivity index (χ0n) is 17.5. The van der Waals surface area contributed by atoms with Gasteiger partial charge in [-0.15, -0.1) is 0 Å². The lowest BCUT2D eigenvalue weighted by Gasteiger charge is -2.29. The molecule has 0 saturated heterocycles. The highest BCUT2D eigenvalue weighted by Crippen LogP contribution is 2.33. The van der Waals surface area contributed by atoms with Crippen LogP contribution >= 0.6 is 0 Å². The average Bonchev–Trinajstić information content (AvgIpc) is 2.83. The number of carbonyl (C=O) groups is 3. The summed E-state index contributed by atoms with van der Waals surface area (Å²) in [4.78, 5) is 42.8. The van der Waals surface area contributed by atoms with Gasteiger partial charge in [0.2, 0.25) is 5.91 Å². The molecule has 0 radical (unpaired) electrons. The third kappa shape index (κ3) is 5.51. The number of benzene rings is 2. The number of hydrogen-bond donors (Lipinski definition) is 1. The van der Waals surface area contributed by atoms with Crippen LogP contribution in [0.2, 0.25) is 0 Å². The Hall–Kier alpha value is -4.27. The van der Waals surface area contributed by atoms with E-state index < -0.39 is 11.7 Å². The van der Waals surface area contributed by atoms with Gasteiger partial charge in [-0.2, -0.15) is 0 Å². The number of anilines is 1. The Labute approximate surface area is 189 Å². The first-order valence-electron chi connectivity index (χ1n) is 10.1. The maximum Gasteiger partial charge on any atom is 0.265 e. The Balaban J connectivity index is 1.44. The van der Waals surface area contributed by atoms with Crippen LogP contribution in [0, 0.1) is 5.82 Å². The second-order valence-electron chi connectivity index (χ2n) is 7.26. The standard InChI is InChI=1S/C24H20FN3O5/c25-18-4-1-5-19(10-18)32-14-21(29)17-6-7-22-20(9-17)28(24(31)15-33-22)13-23(30)27-12-16-3-2-8-26-11-16/h1-11H,12-15H2,(H,27,30). The monoisotopic (exact) mass is 449 g/mol. The summed E-state index contributed by atoms with van der Waals surface area (Å²) in [5, 5.41) is 2.75. The minimum absolute atomic E-state index is 0.209. The molecule has 9 heteroatoms. The summed E-state index contributed by atoms with van der Waals surface area (Å²) in [7, 11) is 0. The van der Waals surface area contributed by atoms with E-state index in [2.05, 4.69) is 10.3 Å². The van der Waals surface area contributed by atoms with Crippen molar-refractivity contribution in [2.24, 2.45) is 0 Å². The summed E-state index contributed by atoms with van der Waals surface area (Å²) in [5.41, 5.74) is 1.41. The van der Waals surface area contributed by atoms with Gasteiger partial charge in [0.15, 0.2) is 19.0 Å². The molecule has 2 aromatic carbocycles. The van der Waals surface area contributed by atoms with E-state index in [9.17, 15) is 18.8 Å². The first kappa shape index (κ1) is 21.9. The summed E-state index contributed by atoms with van der Waals surface area (Å²) in [6.45, 7) is -0.484. The Morgan fingerprint density at radius 3 is 2.82 bits per heavy atom. The summed E-state index contributed by atoms with van der Waals surface area (Å²) in [6, 6.07) is 13.7. The van der Waals surface area contributed by atoms with Crippen molar-refractivity contribution < 1.29 is 28.2 Å². The van der Waals surface area contributed by atoms with Crippen LogP contribution in [-0.4, -0.2) is 42.3 Å².